The summed E-state index contributed by atoms with van der Waals surface area (Å²) in [6, 6.07) is 26.4. The standard InChI is InChI=1S/C28H27N3O/c1-31(20-28(16-8-9-17-28)22-13-6-3-7-14-22)27(32)24-19-25(21-11-4-2-5-12-21)30-26-23(24)15-10-18-29-26/h2-7,10-15,18-19H,8-9,16-17,20H2,1H3. The maximum atomic E-state index is 13.8. The number of carbonyl (C=O) groups is 1. The highest BCUT2D eigenvalue weighted by atomic mass is 16.2. The van der Waals surface area contributed by atoms with Crippen LogP contribution in [0.5, 0.6) is 0 Å². The molecule has 4 nitrogen and oxygen atoms in total. The van der Waals surface area contributed by atoms with E-state index in [2.05, 4.69) is 35.3 Å². The van der Waals surface area contributed by atoms with E-state index in [1.54, 1.807) is 6.20 Å². The molecule has 4 aromatic rings. The van der Waals surface area contributed by atoms with Crippen molar-refractivity contribution < 1.29 is 4.79 Å². The molecule has 1 aliphatic rings. The van der Waals surface area contributed by atoms with Gasteiger partial charge in [-0.05, 0) is 36.6 Å². The van der Waals surface area contributed by atoms with Crippen molar-refractivity contribution in [2.24, 2.45) is 0 Å². The van der Waals surface area contributed by atoms with Crippen LogP contribution in [0.15, 0.2) is 85.1 Å². The van der Waals surface area contributed by atoms with Crippen molar-refractivity contribution in [1.29, 1.82) is 0 Å². The van der Waals surface area contributed by atoms with Crippen LogP contribution >= 0.6 is 0 Å². The number of nitrogens with zero attached hydrogens (tertiary/aromatic N) is 3. The second kappa shape index (κ2) is 8.54. The predicted molar refractivity (Wildman–Crippen MR) is 129 cm³/mol. The van der Waals surface area contributed by atoms with Crippen LogP contribution in [0.1, 0.15) is 41.6 Å². The third kappa shape index (κ3) is 3.77. The molecule has 160 valence electrons. The quantitative estimate of drug-likeness (QED) is 0.404. The normalized spacial score (nSPS) is 15.0. The van der Waals surface area contributed by atoms with Crippen LogP contribution in [0.4, 0.5) is 0 Å². The van der Waals surface area contributed by atoms with Crippen LogP contribution in [0.2, 0.25) is 0 Å². The Labute approximate surface area is 189 Å². The molecule has 1 fully saturated rings. The lowest BCUT2D eigenvalue weighted by atomic mass is 9.78. The van der Waals surface area contributed by atoms with E-state index in [-0.39, 0.29) is 11.3 Å². The topological polar surface area (TPSA) is 46.1 Å². The fourth-order valence-electron chi connectivity index (χ4n) is 5.10. The van der Waals surface area contributed by atoms with Crippen LogP contribution in [-0.4, -0.2) is 34.4 Å². The van der Waals surface area contributed by atoms with Gasteiger partial charge in [-0.25, -0.2) is 9.97 Å². The van der Waals surface area contributed by atoms with Gasteiger partial charge in [0.2, 0.25) is 0 Å². The summed E-state index contributed by atoms with van der Waals surface area (Å²) in [4.78, 5) is 24.9. The van der Waals surface area contributed by atoms with Crippen LogP contribution in [0.3, 0.4) is 0 Å². The SMILES string of the molecule is CN(CC1(c2ccccc2)CCCC1)C(=O)c1cc(-c2ccccc2)nc2ncccc12. The van der Waals surface area contributed by atoms with Gasteiger partial charge in [-0.15, -0.1) is 0 Å². The molecule has 0 spiro atoms. The minimum Gasteiger partial charge on any atom is -0.341 e. The van der Waals surface area contributed by atoms with Gasteiger partial charge in [-0.3, -0.25) is 4.79 Å². The second-order valence-electron chi connectivity index (χ2n) is 8.81. The van der Waals surface area contributed by atoms with Gasteiger partial charge in [0.1, 0.15) is 0 Å². The lowest BCUT2D eigenvalue weighted by Gasteiger charge is -2.34. The number of aromatic nitrogens is 2. The molecule has 2 aromatic heterocycles. The molecule has 0 atom stereocenters. The monoisotopic (exact) mass is 421 g/mol. The summed E-state index contributed by atoms with van der Waals surface area (Å²) in [6.07, 6.45) is 6.37. The lowest BCUT2D eigenvalue weighted by Crippen LogP contribution is -2.40. The van der Waals surface area contributed by atoms with Crippen LogP contribution in [-0.2, 0) is 5.41 Å². The highest BCUT2D eigenvalue weighted by molar-refractivity contribution is 6.06. The van der Waals surface area contributed by atoms with E-state index in [1.165, 1.54) is 18.4 Å². The van der Waals surface area contributed by atoms with Crippen LogP contribution < -0.4 is 0 Å². The number of carbonyl (C=O) groups excluding carboxylic acids is 1. The number of likely N-dealkylation sites (N-methyl/N-ethyl adjacent to an activating group) is 1. The molecule has 2 aromatic carbocycles. The fraction of sp³-hybridized carbons (Fsp3) is 0.250. The van der Waals surface area contributed by atoms with Gasteiger partial charge < -0.3 is 4.90 Å². The Morgan fingerprint density at radius 3 is 2.34 bits per heavy atom. The molecule has 1 saturated carbocycles. The van der Waals surface area contributed by atoms with Gasteiger partial charge in [0.05, 0.1) is 11.3 Å². The molecule has 1 aliphatic carbocycles. The van der Waals surface area contributed by atoms with Crippen molar-refractivity contribution in [2.75, 3.05) is 13.6 Å². The molecular formula is C28H27N3O. The predicted octanol–water partition coefficient (Wildman–Crippen LogP) is 5.88. The summed E-state index contributed by atoms with van der Waals surface area (Å²) < 4.78 is 0. The molecular weight excluding hydrogens is 394 g/mol. The average Bonchev–Trinajstić information content (AvgIpc) is 3.33. The van der Waals surface area contributed by atoms with E-state index in [4.69, 9.17) is 4.98 Å². The molecule has 0 bridgehead atoms. The van der Waals surface area contributed by atoms with Crippen molar-refractivity contribution in [3.05, 3.63) is 96.2 Å². The Kier molecular flexibility index (Phi) is 5.44. The average molecular weight is 422 g/mol. The first-order chi connectivity index (χ1) is 15.7. The first-order valence-corrected chi connectivity index (χ1v) is 11.3. The summed E-state index contributed by atoms with van der Waals surface area (Å²) in [5.74, 6) is 0.0183. The van der Waals surface area contributed by atoms with Gasteiger partial charge in [-0.1, -0.05) is 73.5 Å². The van der Waals surface area contributed by atoms with E-state index in [0.717, 1.165) is 29.5 Å². The van der Waals surface area contributed by atoms with Gasteiger partial charge in [0.15, 0.2) is 5.65 Å². The lowest BCUT2D eigenvalue weighted by molar-refractivity contribution is 0.0760. The summed E-state index contributed by atoms with van der Waals surface area (Å²) in [7, 11) is 1.93. The molecule has 0 unspecified atom stereocenters. The molecule has 1 amide bonds. The van der Waals surface area contributed by atoms with Crippen LogP contribution in [0, 0.1) is 0 Å². The van der Waals surface area contributed by atoms with Gasteiger partial charge in [0, 0.05) is 36.2 Å². The highest BCUT2D eigenvalue weighted by Crippen LogP contribution is 2.42. The maximum absolute atomic E-state index is 13.8. The molecule has 0 aliphatic heterocycles. The zero-order valence-electron chi connectivity index (χ0n) is 18.4. The third-order valence-electron chi connectivity index (χ3n) is 6.72. The summed E-state index contributed by atoms with van der Waals surface area (Å²) in [6.45, 7) is 0.709. The minimum absolute atomic E-state index is 0.0183. The first-order valence-electron chi connectivity index (χ1n) is 11.3. The molecule has 2 heterocycles. The Hall–Kier alpha value is -3.53. The minimum atomic E-state index is 0.0183. The maximum Gasteiger partial charge on any atom is 0.254 e. The zero-order chi connectivity index (χ0) is 22.0. The van der Waals surface area contributed by atoms with Crippen LogP contribution in [0.25, 0.3) is 22.3 Å². The molecule has 0 N–H and O–H groups in total. The number of amides is 1. The third-order valence-corrected chi connectivity index (χ3v) is 6.72. The van der Waals surface area contributed by atoms with Gasteiger partial charge in [0.25, 0.3) is 5.91 Å². The Balaban J connectivity index is 1.53. The summed E-state index contributed by atoms with van der Waals surface area (Å²) >= 11 is 0. The Bertz CT molecular complexity index is 1230. The fourth-order valence-corrected chi connectivity index (χ4v) is 5.10. The molecule has 0 radical (unpaired) electrons. The molecule has 4 heteroatoms. The van der Waals surface area contributed by atoms with Crippen molar-refractivity contribution in [2.45, 2.75) is 31.1 Å². The Morgan fingerprint density at radius 1 is 0.938 bits per heavy atom. The number of hydrogen-bond donors (Lipinski definition) is 0. The molecule has 32 heavy (non-hydrogen) atoms. The number of fused-ring (bicyclic) bond motifs is 1. The van der Waals surface area contributed by atoms with E-state index >= 15 is 0 Å². The van der Waals surface area contributed by atoms with Crippen molar-refractivity contribution in [3.8, 4) is 11.3 Å². The first kappa shape index (κ1) is 20.4. The molecule has 5 rings (SSSR count). The van der Waals surface area contributed by atoms with E-state index < -0.39 is 0 Å². The van der Waals surface area contributed by atoms with Crippen molar-refractivity contribution in [3.63, 3.8) is 0 Å². The number of rotatable bonds is 5. The largest absolute Gasteiger partial charge is 0.341 e. The number of benzene rings is 2. The van der Waals surface area contributed by atoms with Gasteiger partial charge in [-0.2, -0.15) is 0 Å². The van der Waals surface area contributed by atoms with E-state index in [1.807, 2.05) is 60.5 Å². The van der Waals surface area contributed by atoms with Crippen molar-refractivity contribution in [1.82, 2.24) is 14.9 Å². The number of pyridine rings is 2. The summed E-state index contributed by atoms with van der Waals surface area (Å²) in [5, 5.41) is 0.796. The second-order valence-corrected chi connectivity index (χ2v) is 8.81. The summed E-state index contributed by atoms with van der Waals surface area (Å²) in [5.41, 5.74) is 4.37. The van der Waals surface area contributed by atoms with Gasteiger partial charge >= 0.3 is 0 Å². The van der Waals surface area contributed by atoms with E-state index in [9.17, 15) is 4.79 Å². The molecule has 0 saturated heterocycles. The Morgan fingerprint density at radius 2 is 1.62 bits per heavy atom. The van der Waals surface area contributed by atoms with E-state index in [0.29, 0.717) is 17.8 Å². The number of hydrogen-bond acceptors (Lipinski definition) is 3. The van der Waals surface area contributed by atoms with Crippen molar-refractivity contribution >= 4 is 16.9 Å². The smallest absolute Gasteiger partial charge is 0.254 e. The zero-order valence-corrected chi connectivity index (χ0v) is 18.4. The highest BCUT2D eigenvalue weighted by Gasteiger charge is 2.37.